The number of hydrogen-bond donors (Lipinski definition) is 0. The van der Waals surface area contributed by atoms with Crippen molar-refractivity contribution < 1.29 is 18.0 Å². The quantitative estimate of drug-likeness (QED) is 0.449. The van der Waals surface area contributed by atoms with E-state index in [4.69, 9.17) is 9.05 Å². The Morgan fingerprint density at radius 2 is 1.67 bits per heavy atom. The Morgan fingerprint density at radius 1 is 1.13 bits per heavy atom. The van der Waals surface area contributed by atoms with Gasteiger partial charge in [0.25, 0.3) is 0 Å². The predicted octanol–water partition coefficient (Wildman–Crippen LogP) is 4.13. The first kappa shape index (κ1) is 15.1. The lowest BCUT2D eigenvalue weighted by atomic mass is 10.2. The predicted molar refractivity (Wildman–Crippen MR) is 59.9 cm³/mol. The highest BCUT2D eigenvalue weighted by atomic mass is 31.2. The van der Waals surface area contributed by atoms with Crippen LogP contribution in [0.4, 0.5) is 4.39 Å². The molecular formula is C10H22FO3P. The van der Waals surface area contributed by atoms with E-state index < -0.39 is 13.5 Å². The van der Waals surface area contributed by atoms with Gasteiger partial charge in [0, 0.05) is 0 Å². The van der Waals surface area contributed by atoms with Crippen molar-refractivity contribution >= 4 is 7.60 Å². The number of unbranched alkanes of at least 4 members (excludes halogenated alkanes) is 2. The van der Waals surface area contributed by atoms with Crippen molar-refractivity contribution in [3.63, 3.8) is 0 Å². The van der Waals surface area contributed by atoms with Crippen LogP contribution in [0, 0.1) is 0 Å². The molecule has 0 aliphatic heterocycles. The van der Waals surface area contributed by atoms with E-state index in [0.717, 1.165) is 19.3 Å². The Bertz CT molecular complexity index is 189. The molecular weight excluding hydrogens is 218 g/mol. The minimum absolute atomic E-state index is 0.214. The van der Waals surface area contributed by atoms with Gasteiger partial charge in [-0.05, 0) is 26.7 Å². The van der Waals surface area contributed by atoms with Crippen molar-refractivity contribution in [2.24, 2.45) is 0 Å². The van der Waals surface area contributed by atoms with Gasteiger partial charge in [0.2, 0.25) is 5.91 Å². The fourth-order valence-electron chi connectivity index (χ4n) is 1.28. The van der Waals surface area contributed by atoms with Crippen LogP contribution >= 0.6 is 7.60 Å². The van der Waals surface area contributed by atoms with Gasteiger partial charge >= 0.3 is 7.60 Å². The average molecular weight is 240 g/mol. The van der Waals surface area contributed by atoms with Crippen molar-refractivity contribution in [1.29, 1.82) is 0 Å². The Morgan fingerprint density at radius 3 is 2.07 bits per heavy atom. The monoisotopic (exact) mass is 240 g/mol. The molecule has 0 aliphatic carbocycles. The maximum absolute atomic E-state index is 13.6. The van der Waals surface area contributed by atoms with Gasteiger partial charge in [0.15, 0.2) is 0 Å². The summed E-state index contributed by atoms with van der Waals surface area (Å²) >= 11 is 0. The van der Waals surface area contributed by atoms with Crippen LogP contribution in [-0.2, 0) is 13.6 Å². The summed E-state index contributed by atoms with van der Waals surface area (Å²) in [5, 5.41) is 0. The molecule has 0 aliphatic rings. The van der Waals surface area contributed by atoms with Gasteiger partial charge in [-0.3, -0.25) is 4.57 Å². The summed E-state index contributed by atoms with van der Waals surface area (Å²) in [5.74, 6) is -1.48. The zero-order valence-corrected chi connectivity index (χ0v) is 10.8. The largest absolute Gasteiger partial charge is 0.364 e. The van der Waals surface area contributed by atoms with Gasteiger partial charge in [-0.1, -0.05) is 19.8 Å². The van der Waals surface area contributed by atoms with Gasteiger partial charge in [0.1, 0.15) is 0 Å². The van der Waals surface area contributed by atoms with Crippen LogP contribution in [0.15, 0.2) is 0 Å². The van der Waals surface area contributed by atoms with Gasteiger partial charge < -0.3 is 9.05 Å². The summed E-state index contributed by atoms with van der Waals surface area (Å²) in [6.45, 7) is 5.84. The zero-order valence-electron chi connectivity index (χ0n) is 9.87. The summed E-state index contributed by atoms with van der Waals surface area (Å²) in [5.41, 5.74) is 0. The van der Waals surface area contributed by atoms with Gasteiger partial charge in [0.05, 0.1) is 13.2 Å². The molecule has 0 aromatic rings. The average Bonchev–Trinajstić information content (AvgIpc) is 2.18. The number of hydrogen-bond acceptors (Lipinski definition) is 3. The first-order valence-electron chi connectivity index (χ1n) is 5.63. The Labute approximate surface area is 91.9 Å². The summed E-state index contributed by atoms with van der Waals surface area (Å²) in [6.07, 6.45) is 2.94. The first-order chi connectivity index (χ1) is 7.10. The molecule has 15 heavy (non-hydrogen) atoms. The van der Waals surface area contributed by atoms with E-state index >= 15 is 0 Å². The molecule has 0 saturated heterocycles. The minimum atomic E-state index is -3.52. The van der Waals surface area contributed by atoms with Gasteiger partial charge in [-0.2, -0.15) is 0 Å². The van der Waals surface area contributed by atoms with Crippen LogP contribution in [0.2, 0.25) is 0 Å². The molecule has 0 spiro atoms. The lowest BCUT2D eigenvalue weighted by molar-refractivity contribution is 0.185. The highest BCUT2D eigenvalue weighted by Gasteiger charge is 2.35. The molecule has 5 heteroatoms. The van der Waals surface area contributed by atoms with E-state index in [-0.39, 0.29) is 19.6 Å². The van der Waals surface area contributed by atoms with Gasteiger partial charge in [-0.15, -0.1) is 0 Å². The van der Waals surface area contributed by atoms with Crippen molar-refractivity contribution in [2.45, 2.75) is 52.4 Å². The lowest BCUT2D eigenvalue weighted by Gasteiger charge is -2.20. The molecule has 1 unspecified atom stereocenters. The third-order valence-corrected chi connectivity index (χ3v) is 4.19. The maximum Gasteiger partial charge on any atom is 0.364 e. The Kier molecular flexibility index (Phi) is 8.30. The van der Waals surface area contributed by atoms with E-state index in [9.17, 15) is 8.96 Å². The van der Waals surface area contributed by atoms with Crippen LogP contribution in [0.3, 0.4) is 0 Å². The Balaban J connectivity index is 4.15. The fourth-order valence-corrected chi connectivity index (χ4v) is 2.90. The van der Waals surface area contributed by atoms with E-state index in [1.54, 1.807) is 13.8 Å². The molecule has 0 fully saturated rings. The molecule has 0 rings (SSSR count). The molecule has 0 N–H and O–H groups in total. The summed E-state index contributed by atoms with van der Waals surface area (Å²) in [4.78, 5) is 0. The minimum Gasteiger partial charge on any atom is -0.307 e. The standard InChI is InChI=1S/C10H22FO3P/c1-4-7-8-9-10(11)15(12,13-5-2)14-6-3/h10H,4-9H2,1-3H3. The van der Waals surface area contributed by atoms with Crippen LogP contribution in [-0.4, -0.2) is 19.1 Å². The van der Waals surface area contributed by atoms with Crippen LogP contribution in [0.1, 0.15) is 46.5 Å². The molecule has 0 radical (unpaired) electrons. The number of rotatable bonds is 9. The fraction of sp³-hybridized carbons (Fsp3) is 1.00. The van der Waals surface area contributed by atoms with Crippen molar-refractivity contribution in [2.75, 3.05) is 13.2 Å². The zero-order chi connectivity index (χ0) is 11.7. The van der Waals surface area contributed by atoms with Crippen LogP contribution < -0.4 is 0 Å². The summed E-state index contributed by atoms with van der Waals surface area (Å²) in [7, 11) is -3.52. The molecule has 1 atom stereocenters. The molecule has 0 aromatic carbocycles. The Hall–Kier alpha value is 0.0800. The first-order valence-corrected chi connectivity index (χ1v) is 7.24. The third kappa shape index (κ3) is 5.64. The van der Waals surface area contributed by atoms with Gasteiger partial charge in [-0.25, -0.2) is 4.39 Å². The molecule has 0 saturated carbocycles. The van der Waals surface area contributed by atoms with E-state index in [1.165, 1.54) is 0 Å². The molecule has 0 aromatic heterocycles. The second-order valence-corrected chi connectivity index (χ2v) is 5.46. The van der Waals surface area contributed by atoms with Crippen LogP contribution in [0.5, 0.6) is 0 Å². The summed E-state index contributed by atoms with van der Waals surface area (Å²) in [6, 6.07) is 0. The number of alkyl halides is 1. The lowest BCUT2D eigenvalue weighted by Crippen LogP contribution is -2.08. The maximum atomic E-state index is 13.6. The summed E-state index contributed by atoms with van der Waals surface area (Å²) < 4.78 is 35.4. The molecule has 3 nitrogen and oxygen atoms in total. The highest BCUT2D eigenvalue weighted by Crippen LogP contribution is 2.55. The second kappa shape index (κ2) is 8.26. The topological polar surface area (TPSA) is 35.5 Å². The molecule has 92 valence electrons. The van der Waals surface area contributed by atoms with E-state index in [1.807, 2.05) is 6.92 Å². The number of halogens is 1. The van der Waals surface area contributed by atoms with Crippen LogP contribution in [0.25, 0.3) is 0 Å². The molecule has 0 bridgehead atoms. The molecule has 0 heterocycles. The smallest absolute Gasteiger partial charge is 0.307 e. The molecule has 0 amide bonds. The third-order valence-electron chi connectivity index (χ3n) is 2.01. The highest BCUT2D eigenvalue weighted by molar-refractivity contribution is 7.54. The van der Waals surface area contributed by atoms with Crippen molar-refractivity contribution in [3.05, 3.63) is 0 Å². The second-order valence-electron chi connectivity index (χ2n) is 3.31. The van der Waals surface area contributed by atoms with E-state index in [0.29, 0.717) is 0 Å². The normalized spacial score (nSPS) is 14.1. The van der Waals surface area contributed by atoms with E-state index in [2.05, 4.69) is 0 Å². The SMILES string of the molecule is CCCCCC(F)P(=O)(OCC)OCC. The van der Waals surface area contributed by atoms with Crippen molar-refractivity contribution in [3.8, 4) is 0 Å². The van der Waals surface area contributed by atoms with Crippen molar-refractivity contribution in [1.82, 2.24) is 0 Å².